The Morgan fingerprint density at radius 2 is 1.11 bits per heavy atom. The van der Waals surface area contributed by atoms with E-state index < -0.39 is 21.3 Å². The first-order valence-electron chi connectivity index (χ1n) is 12.2. The van der Waals surface area contributed by atoms with E-state index in [4.69, 9.17) is 5.11 Å². The van der Waals surface area contributed by atoms with Crippen molar-refractivity contribution >= 4 is 27.0 Å². The summed E-state index contributed by atoms with van der Waals surface area (Å²) in [5, 5.41) is 3.47. The molecule has 0 fully saturated rings. The second-order valence-corrected chi connectivity index (χ2v) is 11.6. The van der Waals surface area contributed by atoms with Crippen LogP contribution in [0, 0.1) is 0 Å². The van der Waals surface area contributed by atoms with E-state index in [2.05, 4.69) is 95.7 Å². The predicted molar refractivity (Wildman–Crippen MR) is 142 cm³/mol. The SMILES string of the molecule is O=C(OCCCCCCCCO)C(F)(F)S(=O)(=O)[O-].c1ccc([S+](c2ccccc2)c2ccccc2)cc1. The summed E-state index contributed by atoms with van der Waals surface area (Å²) in [5.74, 6) is -2.33. The summed E-state index contributed by atoms with van der Waals surface area (Å²) < 4.78 is 59.6. The van der Waals surface area contributed by atoms with E-state index in [1.54, 1.807) is 0 Å². The van der Waals surface area contributed by atoms with Crippen molar-refractivity contribution < 1.29 is 36.4 Å². The lowest BCUT2D eigenvalue weighted by Crippen LogP contribution is -2.39. The van der Waals surface area contributed by atoms with E-state index in [0.29, 0.717) is 19.3 Å². The first-order valence-corrected chi connectivity index (χ1v) is 14.8. The van der Waals surface area contributed by atoms with Gasteiger partial charge in [0.1, 0.15) is 0 Å². The summed E-state index contributed by atoms with van der Waals surface area (Å²) in [6.07, 6.45) is 4.12. The highest BCUT2D eigenvalue weighted by molar-refractivity contribution is 7.97. The van der Waals surface area contributed by atoms with Crippen LogP contribution < -0.4 is 0 Å². The summed E-state index contributed by atoms with van der Waals surface area (Å²) in [6, 6.07) is 32.2. The van der Waals surface area contributed by atoms with E-state index in [1.807, 2.05) is 0 Å². The molecule has 0 bridgehead atoms. The van der Waals surface area contributed by atoms with Crippen LogP contribution in [0.3, 0.4) is 0 Å². The minimum atomic E-state index is -6.04. The molecular formula is C28H32F2O6S2. The predicted octanol–water partition coefficient (Wildman–Crippen LogP) is 5.78. The monoisotopic (exact) mass is 566 g/mol. The van der Waals surface area contributed by atoms with Gasteiger partial charge in [0.2, 0.25) is 0 Å². The molecule has 0 saturated carbocycles. The number of carbonyl (C=O) groups is 1. The average Bonchev–Trinajstić information content (AvgIpc) is 2.92. The van der Waals surface area contributed by atoms with E-state index in [-0.39, 0.29) is 24.1 Å². The van der Waals surface area contributed by atoms with Gasteiger partial charge >= 0.3 is 11.2 Å². The smallest absolute Gasteiger partial charge is 0.428 e. The van der Waals surface area contributed by atoms with Crippen LogP contribution in [0.4, 0.5) is 8.78 Å². The fourth-order valence-corrected chi connectivity index (χ4v) is 5.72. The Kier molecular flexibility index (Phi) is 13.4. The third kappa shape index (κ3) is 10.2. The third-order valence-electron chi connectivity index (χ3n) is 5.27. The largest absolute Gasteiger partial charge is 0.743 e. The number of unbranched alkanes of at least 4 members (excludes halogenated alkanes) is 5. The van der Waals surface area contributed by atoms with Crippen molar-refractivity contribution in [3.63, 3.8) is 0 Å². The lowest BCUT2D eigenvalue weighted by Gasteiger charge is -2.17. The second kappa shape index (κ2) is 16.2. The zero-order valence-electron chi connectivity index (χ0n) is 20.9. The molecule has 0 atom stereocenters. The fraction of sp³-hybridized carbons (Fsp3) is 0.321. The summed E-state index contributed by atoms with van der Waals surface area (Å²) in [6.45, 7) is -0.236. The lowest BCUT2D eigenvalue weighted by atomic mass is 10.1. The summed E-state index contributed by atoms with van der Waals surface area (Å²) in [4.78, 5) is 14.8. The first-order chi connectivity index (χ1) is 18.2. The van der Waals surface area contributed by atoms with E-state index in [9.17, 15) is 26.5 Å². The minimum absolute atomic E-state index is 0.0146. The van der Waals surface area contributed by atoms with Crippen molar-refractivity contribution in [3.8, 4) is 0 Å². The zero-order valence-corrected chi connectivity index (χ0v) is 22.5. The van der Waals surface area contributed by atoms with Crippen LogP contribution in [-0.2, 0) is 30.5 Å². The molecule has 3 rings (SSSR count). The van der Waals surface area contributed by atoms with E-state index in [0.717, 1.165) is 19.3 Å². The number of rotatable bonds is 13. The Morgan fingerprint density at radius 3 is 1.47 bits per heavy atom. The van der Waals surface area contributed by atoms with Crippen LogP contribution in [0.25, 0.3) is 0 Å². The molecule has 0 saturated heterocycles. The third-order valence-corrected chi connectivity index (χ3v) is 8.30. The van der Waals surface area contributed by atoms with Gasteiger partial charge in [-0.15, -0.1) is 0 Å². The Morgan fingerprint density at radius 1 is 0.737 bits per heavy atom. The average molecular weight is 567 g/mol. The molecule has 0 heterocycles. The molecule has 10 heteroatoms. The van der Waals surface area contributed by atoms with Crippen LogP contribution in [-0.4, -0.2) is 42.5 Å². The van der Waals surface area contributed by atoms with Gasteiger partial charge in [0, 0.05) is 6.61 Å². The number of benzene rings is 3. The van der Waals surface area contributed by atoms with Crippen LogP contribution in [0.1, 0.15) is 38.5 Å². The molecule has 3 aromatic rings. The van der Waals surface area contributed by atoms with Gasteiger partial charge in [-0.1, -0.05) is 80.3 Å². The Labute approximate surface area is 225 Å². The lowest BCUT2D eigenvalue weighted by molar-refractivity contribution is -0.161. The molecule has 206 valence electrons. The molecule has 0 radical (unpaired) electrons. The molecule has 1 N–H and O–H groups in total. The Balaban J connectivity index is 0.000000267. The van der Waals surface area contributed by atoms with Crippen LogP contribution in [0.5, 0.6) is 0 Å². The maximum absolute atomic E-state index is 12.6. The number of halogens is 2. The highest BCUT2D eigenvalue weighted by Crippen LogP contribution is 2.30. The molecule has 0 unspecified atom stereocenters. The molecule has 0 spiro atoms. The summed E-state index contributed by atoms with van der Waals surface area (Å²) in [7, 11) is -6.06. The highest BCUT2D eigenvalue weighted by atomic mass is 32.2. The fourth-order valence-electron chi connectivity index (χ4n) is 3.35. The summed E-state index contributed by atoms with van der Waals surface area (Å²) in [5.41, 5.74) is 0. The van der Waals surface area contributed by atoms with Gasteiger partial charge in [0.25, 0.3) is 0 Å². The van der Waals surface area contributed by atoms with Gasteiger partial charge in [-0.25, -0.2) is 13.2 Å². The van der Waals surface area contributed by atoms with Gasteiger partial charge < -0.3 is 14.4 Å². The molecule has 0 aliphatic rings. The van der Waals surface area contributed by atoms with E-state index >= 15 is 0 Å². The number of aliphatic hydroxyl groups excluding tert-OH is 1. The molecule has 6 nitrogen and oxygen atoms in total. The standard InChI is InChI=1S/C18H15S.C10H18F2O6S/c1-4-10-16(11-5-1)19(17-12-6-2-7-13-17)18-14-8-3-9-15-18;11-10(12,19(15,16)17)9(14)18-8-6-4-2-1-3-5-7-13/h1-15H;13H,1-8H2,(H,15,16,17)/q+1;/p-1. The van der Waals surface area contributed by atoms with E-state index in [1.165, 1.54) is 14.7 Å². The van der Waals surface area contributed by atoms with Gasteiger partial charge in [-0.2, -0.15) is 8.78 Å². The normalized spacial score (nSPS) is 11.5. The molecular weight excluding hydrogens is 534 g/mol. The van der Waals surface area contributed by atoms with Gasteiger partial charge in [0.05, 0.1) is 17.5 Å². The zero-order chi connectivity index (χ0) is 27.9. The van der Waals surface area contributed by atoms with Crippen molar-refractivity contribution in [1.82, 2.24) is 0 Å². The number of carbonyl (C=O) groups excluding carboxylic acids is 1. The van der Waals surface area contributed by atoms with Crippen molar-refractivity contribution in [2.45, 2.75) is 58.5 Å². The van der Waals surface area contributed by atoms with Crippen LogP contribution in [0.2, 0.25) is 0 Å². The number of ether oxygens (including phenoxy) is 1. The molecule has 3 aromatic carbocycles. The molecule has 0 aliphatic heterocycles. The molecule has 0 aliphatic carbocycles. The number of aliphatic hydroxyl groups is 1. The second-order valence-electron chi connectivity index (χ2n) is 8.20. The van der Waals surface area contributed by atoms with Crippen LogP contribution >= 0.6 is 0 Å². The van der Waals surface area contributed by atoms with Crippen molar-refractivity contribution in [3.05, 3.63) is 91.0 Å². The Hall–Kier alpha value is -2.79. The van der Waals surface area contributed by atoms with Crippen molar-refractivity contribution in [2.24, 2.45) is 0 Å². The number of esters is 1. The Bertz CT molecular complexity index is 1080. The minimum Gasteiger partial charge on any atom is -0.743 e. The molecule has 0 amide bonds. The summed E-state index contributed by atoms with van der Waals surface area (Å²) >= 11 is 0. The highest BCUT2D eigenvalue weighted by Gasteiger charge is 2.48. The van der Waals surface area contributed by atoms with Gasteiger partial charge in [-0.05, 0) is 49.2 Å². The van der Waals surface area contributed by atoms with Crippen molar-refractivity contribution in [2.75, 3.05) is 13.2 Å². The maximum Gasteiger partial charge on any atom is 0.428 e. The maximum atomic E-state index is 12.6. The van der Waals surface area contributed by atoms with Crippen LogP contribution in [0.15, 0.2) is 106 Å². The topological polar surface area (TPSA) is 104 Å². The first kappa shape index (κ1) is 31.4. The molecule has 0 aromatic heterocycles. The van der Waals surface area contributed by atoms with Gasteiger partial charge in [0.15, 0.2) is 24.8 Å². The van der Waals surface area contributed by atoms with Gasteiger partial charge in [-0.3, -0.25) is 0 Å². The number of hydrogen-bond acceptors (Lipinski definition) is 6. The van der Waals surface area contributed by atoms with Crippen molar-refractivity contribution in [1.29, 1.82) is 0 Å². The quantitative estimate of drug-likeness (QED) is 0.122. The molecule has 38 heavy (non-hydrogen) atoms. The number of hydrogen-bond donors (Lipinski definition) is 1. The number of alkyl halides is 2.